The van der Waals surface area contributed by atoms with E-state index in [9.17, 15) is 4.79 Å². The summed E-state index contributed by atoms with van der Waals surface area (Å²) in [6, 6.07) is 0.940. The Hall–Kier alpha value is -0.420. The first-order valence-corrected chi connectivity index (χ1v) is 10.1. The standard InChI is InChI=1S/C17H33N3OS/c1-4-10-20-11-8-14(9-12-20)18-17(21)19(3)15-6-7-16(13-15)22-5-2/h14-16H,4-13H2,1-3H3,(H,18,21)/t15-,16-/m1/s1. The number of carbonyl (C=O) groups is 1. The van der Waals surface area contributed by atoms with Crippen LogP contribution in [0.5, 0.6) is 0 Å². The lowest BCUT2D eigenvalue weighted by atomic mass is 10.1. The molecule has 4 nitrogen and oxygen atoms in total. The summed E-state index contributed by atoms with van der Waals surface area (Å²) in [5, 5.41) is 4.01. The van der Waals surface area contributed by atoms with Crippen LogP contribution in [0.3, 0.4) is 0 Å². The van der Waals surface area contributed by atoms with E-state index in [1.54, 1.807) is 0 Å². The zero-order valence-electron chi connectivity index (χ0n) is 14.5. The van der Waals surface area contributed by atoms with E-state index in [0.29, 0.717) is 12.1 Å². The van der Waals surface area contributed by atoms with Gasteiger partial charge in [0.2, 0.25) is 0 Å². The molecule has 128 valence electrons. The molecular weight excluding hydrogens is 294 g/mol. The molecule has 2 fully saturated rings. The predicted molar refractivity (Wildman–Crippen MR) is 95.6 cm³/mol. The van der Waals surface area contributed by atoms with Gasteiger partial charge in [-0.25, -0.2) is 4.79 Å². The molecule has 2 amide bonds. The van der Waals surface area contributed by atoms with Crippen LogP contribution in [0.25, 0.3) is 0 Å². The monoisotopic (exact) mass is 327 g/mol. The minimum atomic E-state index is 0.140. The molecule has 0 spiro atoms. The number of amides is 2. The average molecular weight is 328 g/mol. The van der Waals surface area contributed by atoms with E-state index in [0.717, 1.165) is 44.0 Å². The lowest BCUT2D eigenvalue weighted by Crippen LogP contribution is -2.50. The normalized spacial score (nSPS) is 27.0. The van der Waals surface area contributed by atoms with Crippen molar-refractivity contribution in [1.29, 1.82) is 0 Å². The third-order valence-corrected chi connectivity index (χ3v) is 6.32. The van der Waals surface area contributed by atoms with Gasteiger partial charge in [0.15, 0.2) is 0 Å². The van der Waals surface area contributed by atoms with E-state index in [1.807, 2.05) is 23.7 Å². The maximum atomic E-state index is 12.5. The number of piperidine rings is 1. The summed E-state index contributed by atoms with van der Waals surface area (Å²) in [4.78, 5) is 16.9. The number of carbonyl (C=O) groups excluding carboxylic acids is 1. The van der Waals surface area contributed by atoms with Crippen LogP contribution in [0.1, 0.15) is 52.4 Å². The first-order chi connectivity index (χ1) is 10.6. The first-order valence-electron chi connectivity index (χ1n) is 9.01. The average Bonchev–Trinajstić information content (AvgIpc) is 2.98. The predicted octanol–water partition coefficient (Wildman–Crippen LogP) is 3.18. The van der Waals surface area contributed by atoms with E-state index >= 15 is 0 Å². The van der Waals surface area contributed by atoms with Crippen molar-refractivity contribution in [2.24, 2.45) is 0 Å². The molecule has 0 unspecified atom stereocenters. The second-order valence-electron chi connectivity index (χ2n) is 6.72. The fourth-order valence-corrected chi connectivity index (χ4v) is 4.85. The molecule has 0 bridgehead atoms. The fourth-order valence-electron chi connectivity index (χ4n) is 3.72. The van der Waals surface area contributed by atoms with Gasteiger partial charge < -0.3 is 15.1 Å². The molecule has 0 aromatic heterocycles. The third-order valence-electron chi connectivity index (χ3n) is 5.08. The summed E-state index contributed by atoms with van der Waals surface area (Å²) in [5.41, 5.74) is 0. The Bertz CT molecular complexity index is 345. The molecule has 0 aromatic carbocycles. The minimum Gasteiger partial charge on any atom is -0.335 e. The van der Waals surface area contributed by atoms with Crippen LogP contribution in [0.4, 0.5) is 4.79 Å². The zero-order chi connectivity index (χ0) is 15.9. The van der Waals surface area contributed by atoms with Crippen molar-refractivity contribution in [3.05, 3.63) is 0 Å². The lowest BCUT2D eigenvalue weighted by molar-refractivity contribution is 0.168. The van der Waals surface area contributed by atoms with Crippen molar-refractivity contribution >= 4 is 17.8 Å². The number of hydrogen-bond acceptors (Lipinski definition) is 3. The summed E-state index contributed by atoms with van der Waals surface area (Å²) in [6.07, 6.45) is 7.00. The number of nitrogens with zero attached hydrogens (tertiary/aromatic N) is 2. The van der Waals surface area contributed by atoms with Crippen LogP contribution in [-0.4, -0.2) is 65.6 Å². The summed E-state index contributed by atoms with van der Waals surface area (Å²) < 4.78 is 0. The Morgan fingerprint density at radius 3 is 2.59 bits per heavy atom. The van der Waals surface area contributed by atoms with Crippen molar-refractivity contribution < 1.29 is 4.79 Å². The molecule has 0 radical (unpaired) electrons. The summed E-state index contributed by atoms with van der Waals surface area (Å²) >= 11 is 2.05. The van der Waals surface area contributed by atoms with Gasteiger partial charge in [0.1, 0.15) is 0 Å². The smallest absolute Gasteiger partial charge is 0.317 e. The van der Waals surface area contributed by atoms with Crippen LogP contribution in [0.15, 0.2) is 0 Å². The van der Waals surface area contributed by atoms with Gasteiger partial charge in [-0.3, -0.25) is 0 Å². The molecule has 1 aliphatic carbocycles. The molecule has 0 aromatic rings. The highest BCUT2D eigenvalue weighted by Crippen LogP contribution is 2.32. The maximum Gasteiger partial charge on any atom is 0.317 e. The van der Waals surface area contributed by atoms with E-state index in [2.05, 4.69) is 24.1 Å². The van der Waals surface area contributed by atoms with Gasteiger partial charge in [-0.1, -0.05) is 13.8 Å². The van der Waals surface area contributed by atoms with Gasteiger partial charge in [-0.15, -0.1) is 0 Å². The Morgan fingerprint density at radius 2 is 1.95 bits per heavy atom. The first kappa shape index (κ1) is 17.9. The highest BCUT2D eigenvalue weighted by molar-refractivity contribution is 7.99. The third kappa shape index (κ3) is 5.05. The quantitative estimate of drug-likeness (QED) is 0.814. The van der Waals surface area contributed by atoms with Crippen LogP contribution in [0.2, 0.25) is 0 Å². The van der Waals surface area contributed by atoms with E-state index in [1.165, 1.54) is 25.1 Å². The maximum absolute atomic E-state index is 12.5. The van der Waals surface area contributed by atoms with Gasteiger partial charge in [0.05, 0.1) is 0 Å². The molecule has 2 aliphatic rings. The highest BCUT2D eigenvalue weighted by Gasteiger charge is 2.31. The van der Waals surface area contributed by atoms with Crippen molar-refractivity contribution in [1.82, 2.24) is 15.1 Å². The highest BCUT2D eigenvalue weighted by atomic mass is 32.2. The number of thioether (sulfide) groups is 1. The van der Waals surface area contributed by atoms with Gasteiger partial charge >= 0.3 is 6.03 Å². The largest absolute Gasteiger partial charge is 0.335 e. The molecular formula is C17H33N3OS. The molecule has 1 aliphatic heterocycles. The van der Waals surface area contributed by atoms with E-state index in [-0.39, 0.29) is 6.03 Å². The van der Waals surface area contributed by atoms with Crippen molar-refractivity contribution in [2.75, 3.05) is 32.4 Å². The number of likely N-dealkylation sites (tertiary alicyclic amines) is 1. The Morgan fingerprint density at radius 1 is 1.23 bits per heavy atom. The van der Waals surface area contributed by atoms with E-state index in [4.69, 9.17) is 0 Å². The van der Waals surface area contributed by atoms with Crippen LogP contribution >= 0.6 is 11.8 Å². The van der Waals surface area contributed by atoms with Gasteiger partial charge in [0, 0.05) is 37.5 Å². The number of hydrogen-bond donors (Lipinski definition) is 1. The van der Waals surface area contributed by atoms with Crippen molar-refractivity contribution in [3.63, 3.8) is 0 Å². The molecule has 2 atom stereocenters. The number of nitrogens with one attached hydrogen (secondary N) is 1. The summed E-state index contributed by atoms with van der Waals surface area (Å²) in [7, 11) is 1.98. The second-order valence-corrected chi connectivity index (χ2v) is 8.30. The molecule has 1 heterocycles. The molecule has 5 heteroatoms. The Kier molecular flexibility index (Phi) is 7.35. The fraction of sp³-hybridized carbons (Fsp3) is 0.941. The van der Waals surface area contributed by atoms with Gasteiger partial charge in [-0.05, 0) is 50.8 Å². The molecule has 1 N–H and O–H groups in total. The molecule has 2 rings (SSSR count). The van der Waals surface area contributed by atoms with Gasteiger partial charge in [0.25, 0.3) is 0 Å². The second kappa shape index (κ2) is 9.02. The number of rotatable bonds is 6. The summed E-state index contributed by atoms with van der Waals surface area (Å²) in [5.74, 6) is 1.18. The van der Waals surface area contributed by atoms with E-state index < -0.39 is 0 Å². The van der Waals surface area contributed by atoms with Crippen LogP contribution < -0.4 is 5.32 Å². The topological polar surface area (TPSA) is 35.6 Å². The molecule has 1 saturated carbocycles. The van der Waals surface area contributed by atoms with Crippen molar-refractivity contribution in [2.45, 2.75) is 69.7 Å². The lowest BCUT2D eigenvalue weighted by Gasteiger charge is -2.34. The Balaban J connectivity index is 1.71. The SMILES string of the molecule is CCCN1CCC(NC(=O)N(C)[C@@H]2CC[C@@H](SCC)C2)CC1. The Labute approximate surface area is 140 Å². The zero-order valence-corrected chi connectivity index (χ0v) is 15.3. The minimum absolute atomic E-state index is 0.140. The van der Waals surface area contributed by atoms with Crippen LogP contribution in [-0.2, 0) is 0 Å². The van der Waals surface area contributed by atoms with Crippen LogP contribution in [0, 0.1) is 0 Å². The molecule has 22 heavy (non-hydrogen) atoms. The van der Waals surface area contributed by atoms with Gasteiger partial charge in [-0.2, -0.15) is 11.8 Å². The summed E-state index contributed by atoms with van der Waals surface area (Å²) in [6.45, 7) is 7.90. The number of urea groups is 1. The van der Waals surface area contributed by atoms with Crippen molar-refractivity contribution in [3.8, 4) is 0 Å². The molecule has 1 saturated heterocycles.